The van der Waals surface area contributed by atoms with E-state index in [0.29, 0.717) is 6.42 Å². The van der Waals surface area contributed by atoms with Gasteiger partial charge in [-0.05, 0) is 0 Å². The number of rotatable bonds is 1. The van der Waals surface area contributed by atoms with Crippen LogP contribution in [-0.4, -0.2) is 12.2 Å². The van der Waals surface area contributed by atoms with E-state index in [2.05, 4.69) is 8.27 Å². The number of carbonyl (C=O) groups is 1. The van der Waals surface area contributed by atoms with Crippen molar-refractivity contribution in [2.45, 2.75) is 12.6 Å². The molecule has 0 bridgehead atoms. The highest BCUT2D eigenvalue weighted by Crippen LogP contribution is 2.09. The van der Waals surface area contributed by atoms with Gasteiger partial charge in [-0.2, -0.15) is 0 Å². The molecule has 0 aromatic carbocycles. The van der Waals surface area contributed by atoms with E-state index in [1.165, 1.54) is 0 Å². The van der Waals surface area contributed by atoms with Gasteiger partial charge in [-0.1, -0.05) is 0 Å². The molecular formula is C3H4INO2. The summed E-state index contributed by atoms with van der Waals surface area (Å²) < 4.78 is 7.29. The van der Waals surface area contributed by atoms with Crippen LogP contribution in [0.2, 0.25) is 0 Å². The number of hydrogen-bond acceptors (Lipinski definition) is 3. The second-order valence-electron chi connectivity index (χ2n) is 1.29. The first kappa shape index (κ1) is 5.30. The molecule has 1 unspecified atom stereocenters. The fourth-order valence-corrected chi connectivity index (χ4v) is 0.709. The largest absolute Gasteiger partial charge is 0.445 e. The third kappa shape index (κ3) is 1.03. The highest BCUT2D eigenvalue weighted by molar-refractivity contribution is 14.1. The van der Waals surface area contributed by atoms with Crippen molar-refractivity contribution in [3.63, 3.8) is 0 Å². The van der Waals surface area contributed by atoms with Crippen LogP contribution in [0.5, 0.6) is 0 Å². The minimum absolute atomic E-state index is 0.0203. The summed E-state index contributed by atoms with van der Waals surface area (Å²) in [5.41, 5.74) is 0. The van der Waals surface area contributed by atoms with Gasteiger partial charge in [0.25, 0.3) is 0 Å². The minimum atomic E-state index is -0.117. The Morgan fingerprint density at radius 1 is 2.00 bits per heavy atom. The average Bonchev–Trinajstić information content (AvgIpc) is 1.58. The monoisotopic (exact) mass is 213 g/mol. The zero-order valence-electron chi connectivity index (χ0n) is 3.48. The molecule has 1 aliphatic heterocycles. The van der Waals surface area contributed by atoms with Crippen LogP contribution in [0.4, 0.5) is 0 Å². The molecule has 7 heavy (non-hydrogen) atoms. The Bertz CT molecular complexity index is 86.9. The highest BCUT2D eigenvalue weighted by atomic mass is 127. The van der Waals surface area contributed by atoms with E-state index in [-0.39, 0.29) is 12.2 Å². The molecule has 1 heterocycles. The van der Waals surface area contributed by atoms with Gasteiger partial charge in [0.05, 0.1) is 6.42 Å². The Morgan fingerprint density at radius 2 is 2.57 bits per heavy atom. The molecule has 1 saturated heterocycles. The summed E-state index contributed by atoms with van der Waals surface area (Å²) in [7, 11) is 0. The van der Waals surface area contributed by atoms with E-state index < -0.39 is 0 Å². The van der Waals surface area contributed by atoms with Crippen LogP contribution in [-0.2, 0) is 9.53 Å². The summed E-state index contributed by atoms with van der Waals surface area (Å²) in [6.07, 6.45) is 0.497. The predicted octanol–water partition coefficient (Wildman–Crippen LogP) is 0.199. The van der Waals surface area contributed by atoms with Crippen LogP contribution in [0.1, 0.15) is 6.42 Å². The number of cyclic esters (lactones) is 1. The van der Waals surface area contributed by atoms with Crippen molar-refractivity contribution in [3.05, 3.63) is 0 Å². The number of carbonyl (C=O) groups excluding carboxylic acids is 1. The molecule has 1 atom stereocenters. The maximum Gasteiger partial charge on any atom is 0.312 e. The van der Waals surface area contributed by atoms with E-state index in [1.54, 1.807) is 0 Å². The number of ether oxygens (including phenoxy) is 1. The van der Waals surface area contributed by atoms with Crippen LogP contribution in [0, 0.1) is 0 Å². The normalized spacial score (nSPS) is 28.7. The van der Waals surface area contributed by atoms with Crippen molar-refractivity contribution in [1.82, 2.24) is 3.53 Å². The quantitative estimate of drug-likeness (QED) is 0.384. The Balaban J connectivity index is 2.17. The molecule has 0 aromatic heterocycles. The van der Waals surface area contributed by atoms with Gasteiger partial charge >= 0.3 is 5.97 Å². The van der Waals surface area contributed by atoms with Crippen molar-refractivity contribution >= 4 is 28.8 Å². The molecule has 0 amide bonds. The first-order chi connectivity index (χ1) is 3.33. The Hall–Kier alpha value is 0.160. The lowest BCUT2D eigenvalue weighted by Gasteiger charge is -2.22. The number of hydrogen-bond donors (Lipinski definition) is 1. The third-order valence-corrected chi connectivity index (χ3v) is 1.44. The predicted molar refractivity (Wildman–Crippen MR) is 31.7 cm³/mol. The summed E-state index contributed by atoms with van der Waals surface area (Å²) in [5, 5.41) is 0. The molecule has 0 saturated carbocycles. The Kier molecular flexibility index (Phi) is 1.48. The molecule has 1 rings (SSSR count). The van der Waals surface area contributed by atoms with Crippen molar-refractivity contribution in [2.24, 2.45) is 0 Å². The van der Waals surface area contributed by atoms with Gasteiger partial charge in [-0.3, -0.25) is 4.79 Å². The van der Waals surface area contributed by atoms with E-state index >= 15 is 0 Å². The van der Waals surface area contributed by atoms with Crippen LogP contribution in [0.25, 0.3) is 0 Å². The molecule has 0 spiro atoms. The van der Waals surface area contributed by atoms with Gasteiger partial charge in [0.2, 0.25) is 0 Å². The van der Waals surface area contributed by atoms with Crippen LogP contribution < -0.4 is 3.53 Å². The maximum absolute atomic E-state index is 10.0. The fourth-order valence-electron chi connectivity index (χ4n) is 0.361. The van der Waals surface area contributed by atoms with Gasteiger partial charge in [0.1, 0.15) is 0 Å². The molecule has 0 radical (unpaired) electrons. The molecule has 1 aliphatic rings. The summed E-state index contributed by atoms with van der Waals surface area (Å²) in [6, 6.07) is 0. The van der Waals surface area contributed by atoms with Crippen LogP contribution >= 0.6 is 22.9 Å². The standard InChI is InChI=1S/C3H4INO2/c4-5-2-1-3(6)7-2/h2,5H,1H2. The Morgan fingerprint density at radius 3 is 2.71 bits per heavy atom. The van der Waals surface area contributed by atoms with Crippen molar-refractivity contribution in [2.75, 3.05) is 0 Å². The first-order valence-corrected chi connectivity index (χ1v) is 2.96. The third-order valence-electron chi connectivity index (χ3n) is 0.747. The zero-order chi connectivity index (χ0) is 5.28. The van der Waals surface area contributed by atoms with Gasteiger partial charge in [0, 0.05) is 22.9 Å². The van der Waals surface area contributed by atoms with Gasteiger partial charge in [-0.15, -0.1) is 0 Å². The van der Waals surface area contributed by atoms with Crippen LogP contribution in [0.15, 0.2) is 0 Å². The minimum Gasteiger partial charge on any atom is -0.445 e. The van der Waals surface area contributed by atoms with Crippen molar-refractivity contribution in [3.8, 4) is 0 Å². The fraction of sp³-hybridized carbons (Fsp3) is 0.667. The van der Waals surface area contributed by atoms with E-state index in [4.69, 9.17) is 0 Å². The SMILES string of the molecule is O=C1CC(NI)O1. The summed E-state index contributed by atoms with van der Waals surface area (Å²) in [6.45, 7) is 0. The maximum atomic E-state index is 10.0. The lowest BCUT2D eigenvalue weighted by Crippen LogP contribution is -2.39. The number of esters is 1. The molecule has 3 nitrogen and oxygen atoms in total. The summed E-state index contributed by atoms with van der Waals surface area (Å²) in [5.74, 6) is -0.117. The average molecular weight is 213 g/mol. The highest BCUT2D eigenvalue weighted by Gasteiger charge is 2.26. The van der Waals surface area contributed by atoms with Gasteiger partial charge in [0.15, 0.2) is 6.23 Å². The van der Waals surface area contributed by atoms with Crippen LogP contribution in [0.3, 0.4) is 0 Å². The Labute approximate surface area is 54.9 Å². The molecule has 4 heteroatoms. The van der Waals surface area contributed by atoms with E-state index in [0.717, 1.165) is 0 Å². The smallest absolute Gasteiger partial charge is 0.312 e. The molecule has 1 N–H and O–H groups in total. The van der Waals surface area contributed by atoms with Crippen molar-refractivity contribution < 1.29 is 9.53 Å². The zero-order valence-corrected chi connectivity index (χ0v) is 5.64. The topological polar surface area (TPSA) is 38.3 Å². The van der Waals surface area contributed by atoms with Gasteiger partial charge in [-0.25, -0.2) is 3.53 Å². The summed E-state index contributed by atoms with van der Waals surface area (Å²) >= 11 is 1.95. The lowest BCUT2D eigenvalue weighted by atomic mass is 10.3. The lowest BCUT2D eigenvalue weighted by molar-refractivity contribution is -0.169. The molecular weight excluding hydrogens is 209 g/mol. The van der Waals surface area contributed by atoms with Gasteiger partial charge < -0.3 is 4.74 Å². The van der Waals surface area contributed by atoms with E-state index in [1.807, 2.05) is 22.9 Å². The number of halogens is 1. The second kappa shape index (κ2) is 1.95. The first-order valence-electron chi connectivity index (χ1n) is 1.88. The second-order valence-corrected chi connectivity index (χ2v) is 1.91. The number of nitrogens with one attached hydrogen (secondary N) is 1. The van der Waals surface area contributed by atoms with Crippen molar-refractivity contribution in [1.29, 1.82) is 0 Å². The molecule has 40 valence electrons. The molecule has 1 fully saturated rings. The van der Waals surface area contributed by atoms with E-state index in [9.17, 15) is 4.79 Å². The molecule has 0 aliphatic carbocycles. The summed E-state index contributed by atoms with van der Waals surface area (Å²) in [4.78, 5) is 10.0. The molecule has 0 aromatic rings.